The number of aliphatic hydroxyl groups excluding tert-OH is 1. The lowest BCUT2D eigenvalue weighted by Crippen LogP contribution is -1.98. The van der Waals surface area contributed by atoms with Gasteiger partial charge in [-0.15, -0.1) is 0 Å². The van der Waals surface area contributed by atoms with Gasteiger partial charge in [-0.25, -0.2) is 9.37 Å². The summed E-state index contributed by atoms with van der Waals surface area (Å²) in [6, 6.07) is 6.28. The average Bonchev–Trinajstić information content (AvgIpc) is 2.78. The molecular formula is C13H12FN3OS. The first-order chi connectivity index (χ1) is 9.15. The molecule has 0 saturated carbocycles. The third kappa shape index (κ3) is 2.95. The number of nitrogens with zero attached hydrogens (tertiary/aromatic N) is 3. The molecule has 4 nitrogen and oxygen atoms in total. The van der Waals surface area contributed by atoms with Gasteiger partial charge in [0.25, 0.3) is 0 Å². The molecule has 0 bridgehead atoms. The molecule has 2 rings (SSSR count). The van der Waals surface area contributed by atoms with Crippen molar-refractivity contribution < 1.29 is 9.50 Å². The fourth-order valence-corrected chi connectivity index (χ4v) is 2.55. The monoisotopic (exact) mass is 277 g/mol. The molecule has 0 atom stereocenters. The first kappa shape index (κ1) is 13.6. The molecule has 1 aromatic carbocycles. The van der Waals surface area contributed by atoms with Crippen LogP contribution in [0, 0.1) is 17.1 Å². The maximum Gasteiger partial charge on any atom is 0.168 e. The molecular weight excluding hydrogens is 265 g/mol. The Morgan fingerprint density at radius 2 is 2.32 bits per heavy atom. The second-order valence-electron chi connectivity index (χ2n) is 3.96. The Morgan fingerprint density at radius 3 is 2.95 bits per heavy atom. The predicted molar refractivity (Wildman–Crippen MR) is 69.8 cm³/mol. The van der Waals surface area contributed by atoms with Crippen molar-refractivity contribution in [3.8, 4) is 6.07 Å². The maximum atomic E-state index is 13.6. The van der Waals surface area contributed by atoms with Gasteiger partial charge in [0.15, 0.2) is 5.16 Å². The van der Waals surface area contributed by atoms with Crippen molar-refractivity contribution in [3.05, 3.63) is 47.0 Å². The van der Waals surface area contributed by atoms with Gasteiger partial charge < -0.3 is 9.67 Å². The summed E-state index contributed by atoms with van der Waals surface area (Å²) < 4.78 is 15.4. The lowest BCUT2D eigenvalue weighted by molar-refractivity contribution is 0.271. The highest BCUT2D eigenvalue weighted by Crippen LogP contribution is 2.24. The van der Waals surface area contributed by atoms with Crippen LogP contribution in [0.1, 0.15) is 16.8 Å². The van der Waals surface area contributed by atoms with Crippen LogP contribution >= 0.6 is 11.8 Å². The van der Waals surface area contributed by atoms with Gasteiger partial charge >= 0.3 is 0 Å². The van der Waals surface area contributed by atoms with E-state index in [1.165, 1.54) is 30.0 Å². The van der Waals surface area contributed by atoms with Crippen LogP contribution in [-0.2, 0) is 19.4 Å². The first-order valence-electron chi connectivity index (χ1n) is 5.58. The summed E-state index contributed by atoms with van der Waals surface area (Å²) in [4.78, 5) is 4.15. The normalized spacial score (nSPS) is 10.4. The maximum absolute atomic E-state index is 13.6. The zero-order valence-electron chi connectivity index (χ0n) is 10.3. The molecule has 6 heteroatoms. The van der Waals surface area contributed by atoms with E-state index >= 15 is 0 Å². The summed E-state index contributed by atoms with van der Waals surface area (Å²) in [5.74, 6) is 0.0555. The van der Waals surface area contributed by atoms with E-state index in [0.717, 1.165) is 0 Å². The summed E-state index contributed by atoms with van der Waals surface area (Å²) in [7, 11) is 1.79. The molecule has 98 valence electrons. The second kappa shape index (κ2) is 5.87. The SMILES string of the molecule is Cn1c(CO)cnc1SCc1cc(C#N)ccc1F. The summed E-state index contributed by atoms with van der Waals surface area (Å²) in [5, 5.41) is 18.6. The Bertz CT molecular complexity index is 633. The minimum Gasteiger partial charge on any atom is -0.390 e. The Morgan fingerprint density at radius 1 is 1.53 bits per heavy atom. The lowest BCUT2D eigenvalue weighted by atomic mass is 10.1. The largest absolute Gasteiger partial charge is 0.390 e. The summed E-state index contributed by atoms with van der Waals surface area (Å²) in [6.45, 7) is -0.0810. The fraction of sp³-hybridized carbons (Fsp3) is 0.231. The Kier molecular flexibility index (Phi) is 4.20. The van der Waals surface area contributed by atoms with E-state index in [0.29, 0.717) is 27.7 Å². The highest BCUT2D eigenvalue weighted by Gasteiger charge is 2.09. The van der Waals surface area contributed by atoms with Crippen LogP contribution in [-0.4, -0.2) is 14.7 Å². The highest BCUT2D eigenvalue weighted by atomic mass is 32.2. The number of benzene rings is 1. The first-order valence-corrected chi connectivity index (χ1v) is 6.57. The third-order valence-electron chi connectivity index (χ3n) is 2.74. The fourth-order valence-electron chi connectivity index (χ4n) is 1.60. The molecule has 0 spiro atoms. The lowest BCUT2D eigenvalue weighted by Gasteiger charge is -2.05. The van der Waals surface area contributed by atoms with Gasteiger partial charge in [0, 0.05) is 12.8 Å². The predicted octanol–water partition coefficient (Wildman–Crippen LogP) is 2.22. The highest BCUT2D eigenvalue weighted by molar-refractivity contribution is 7.98. The molecule has 1 heterocycles. The number of imidazole rings is 1. The molecule has 1 N–H and O–H groups in total. The smallest absolute Gasteiger partial charge is 0.168 e. The van der Waals surface area contributed by atoms with Crippen molar-refractivity contribution in [2.45, 2.75) is 17.5 Å². The van der Waals surface area contributed by atoms with Gasteiger partial charge in [-0.1, -0.05) is 11.8 Å². The van der Waals surface area contributed by atoms with E-state index in [4.69, 9.17) is 10.4 Å². The summed E-state index contributed by atoms with van der Waals surface area (Å²) in [6.07, 6.45) is 1.59. The zero-order chi connectivity index (χ0) is 13.8. The number of hydrogen-bond donors (Lipinski definition) is 1. The van der Waals surface area contributed by atoms with Crippen LogP contribution in [0.15, 0.2) is 29.6 Å². The van der Waals surface area contributed by atoms with Crippen molar-refractivity contribution >= 4 is 11.8 Å². The quantitative estimate of drug-likeness (QED) is 0.870. The van der Waals surface area contributed by atoms with Crippen molar-refractivity contribution in [1.82, 2.24) is 9.55 Å². The molecule has 0 aliphatic carbocycles. The number of halogens is 1. The van der Waals surface area contributed by atoms with Crippen molar-refractivity contribution in [1.29, 1.82) is 5.26 Å². The van der Waals surface area contributed by atoms with Crippen LogP contribution in [0.3, 0.4) is 0 Å². The van der Waals surface area contributed by atoms with E-state index < -0.39 is 0 Å². The van der Waals surface area contributed by atoms with Crippen LogP contribution < -0.4 is 0 Å². The molecule has 0 saturated heterocycles. The molecule has 0 aliphatic heterocycles. The van der Waals surface area contributed by atoms with Gasteiger partial charge in [-0.2, -0.15) is 5.26 Å². The zero-order valence-corrected chi connectivity index (χ0v) is 11.1. The molecule has 1 aromatic heterocycles. The summed E-state index contributed by atoms with van der Waals surface area (Å²) >= 11 is 1.36. The Labute approximate surface area is 114 Å². The van der Waals surface area contributed by atoms with Crippen LogP contribution in [0.5, 0.6) is 0 Å². The van der Waals surface area contributed by atoms with E-state index in [1.807, 2.05) is 6.07 Å². The average molecular weight is 277 g/mol. The number of rotatable bonds is 4. The molecule has 19 heavy (non-hydrogen) atoms. The number of thioether (sulfide) groups is 1. The van der Waals surface area contributed by atoms with E-state index in [-0.39, 0.29) is 12.4 Å². The molecule has 0 amide bonds. The molecule has 0 aliphatic rings. The number of aromatic nitrogens is 2. The molecule has 2 aromatic rings. The van der Waals surface area contributed by atoms with Crippen LogP contribution in [0.25, 0.3) is 0 Å². The number of aliphatic hydroxyl groups is 1. The molecule has 0 unspecified atom stereocenters. The standard InChI is InChI=1S/C13H12FN3OS/c1-17-11(7-18)6-16-13(17)19-8-10-4-9(5-15)2-3-12(10)14/h2-4,6,18H,7-8H2,1H3. The van der Waals surface area contributed by atoms with E-state index in [9.17, 15) is 4.39 Å². The van der Waals surface area contributed by atoms with Crippen molar-refractivity contribution in [3.63, 3.8) is 0 Å². The Hall–Kier alpha value is -1.84. The number of nitriles is 1. The van der Waals surface area contributed by atoms with E-state index in [2.05, 4.69) is 4.98 Å². The van der Waals surface area contributed by atoms with Gasteiger partial charge in [0.1, 0.15) is 5.82 Å². The van der Waals surface area contributed by atoms with Crippen LogP contribution in [0.4, 0.5) is 4.39 Å². The van der Waals surface area contributed by atoms with Gasteiger partial charge in [0.2, 0.25) is 0 Å². The molecule has 0 radical (unpaired) electrons. The second-order valence-corrected chi connectivity index (χ2v) is 4.90. The van der Waals surface area contributed by atoms with Crippen LogP contribution in [0.2, 0.25) is 0 Å². The van der Waals surface area contributed by atoms with E-state index in [1.54, 1.807) is 17.8 Å². The van der Waals surface area contributed by atoms with Crippen molar-refractivity contribution in [2.75, 3.05) is 0 Å². The minimum absolute atomic E-state index is 0.0810. The minimum atomic E-state index is -0.330. The van der Waals surface area contributed by atoms with Crippen molar-refractivity contribution in [2.24, 2.45) is 7.05 Å². The summed E-state index contributed by atoms with van der Waals surface area (Å²) in [5.41, 5.74) is 1.61. The van der Waals surface area contributed by atoms with Gasteiger partial charge in [-0.05, 0) is 23.8 Å². The topological polar surface area (TPSA) is 61.8 Å². The number of hydrogen-bond acceptors (Lipinski definition) is 4. The van der Waals surface area contributed by atoms with Gasteiger partial charge in [-0.3, -0.25) is 0 Å². The molecule has 0 fully saturated rings. The van der Waals surface area contributed by atoms with Gasteiger partial charge in [0.05, 0.1) is 30.1 Å². The third-order valence-corrected chi connectivity index (χ3v) is 3.83. The Balaban J connectivity index is 2.14.